The van der Waals surface area contributed by atoms with E-state index in [-0.39, 0.29) is 0 Å². The maximum Gasteiger partial charge on any atom is 0.318 e. The van der Waals surface area contributed by atoms with Gasteiger partial charge in [0.05, 0.1) is 6.54 Å². The zero-order valence-corrected chi connectivity index (χ0v) is 9.88. The van der Waals surface area contributed by atoms with Crippen molar-refractivity contribution in [1.82, 2.24) is 15.5 Å². The van der Waals surface area contributed by atoms with Crippen LogP contribution in [-0.4, -0.2) is 41.3 Å². The molecule has 0 spiro atoms. The molecule has 1 aliphatic rings. The van der Waals surface area contributed by atoms with Crippen molar-refractivity contribution in [2.24, 2.45) is 0 Å². The van der Waals surface area contributed by atoms with Crippen LogP contribution in [0.4, 0.5) is 6.01 Å². The molecule has 1 fully saturated rings. The number of hydrogen-bond donors (Lipinski definition) is 1. The molecule has 1 N–H and O–H groups in total. The summed E-state index contributed by atoms with van der Waals surface area (Å²) in [6.07, 6.45) is 0. The van der Waals surface area contributed by atoms with E-state index in [0.717, 1.165) is 18.1 Å². The first-order valence-corrected chi connectivity index (χ1v) is 6.28. The Kier molecular flexibility index (Phi) is 3.48. The molecule has 0 saturated carbocycles. The molecule has 1 aromatic heterocycles. The van der Waals surface area contributed by atoms with Gasteiger partial charge in [-0.05, 0) is 14.0 Å². The van der Waals surface area contributed by atoms with Gasteiger partial charge >= 0.3 is 6.01 Å². The summed E-state index contributed by atoms with van der Waals surface area (Å²) in [5, 5.41) is 11.0. The molecule has 0 amide bonds. The lowest BCUT2D eigenvalue weighted by Crippen LogP contribution is -2.40. The van der Waals surface area contributed by atoms with Crippen molar-refractivity contribution in [2.75, 3.05) is 30.0 Å². The topological polar surface area (TPSA) is 54.2 Å². The fraction of sp³-hybridized carbons (Fsp3) is 0.778. The number of nitrogens with one attached hydrogen (secondary N) is 1. The highest BCUT2D eigenvalue weighted by Gasteiger charge is 2.23. The Morgan fingerprint density at radius 3 is 3.20 bits per heavy atom. The third-order valence-electron chi connectivity index (χ3n) is 2.40. The number of rotatable bonds is 3. The van der Waals surface area contributed by atoms with Crippen molar-refractivity contribution in [3.63, 3.8) is 0 Å². The Morgan fingerprint density at radius 2 is 2.47 bits per heavy atom. The molecule has 15 heavy (non-hydrogen) atoms. The zero-order chi connectivity index (χ0) is 10.7. The highest BCUT2D eigenvalue weighted by Crippen LogP contribution is 2.22. The zero-order valence-electron chi connectivity index (χ0n) is 9.06. The Labute approximate surface area is 93.6 Å². The van der Waals surface area contributed by atoms with Gasteiger partial charge in [0, 0.05) is 24.1 Å². The van der Waals surface area contributed by atoms with Crippen LogP contribution < -0.4 is 10.2 Å². The number of hydrogen-bond acceptors (Lipinski definition) is 6. The van der Waals surface area contributed by atoms with Crippen molar-refractivity contribution >= 4 is 17.8 Å². The molecule has 6 heteroatoms. The molecular weight excluding hydrogens is 212 g/mol. The molecule has 84 valence electrons. The molecule has 0 radical (unpaired) electrons. The normalized spacial score (nSPS) is 22.0. The average Bonchev–Trinajstić information content (AvgIpc) is 2.68. The van der Waals surface area contributed by atoms with Gasteiger partial charge in [-0.15, -0.1) is 5.10 Å². The van der Waals surface area contributed by atoms with E-state index in [1.807, 2.05) is 18.8 Å². The molecule has 2 heterocycles. The van der Waals surface area contributed by atoms with Gasteiger partial charge in [-0.1, -0.05) is 5.10 Å². The molecule has 1 aliphatic heterocycles. The number of thioether (sulfide) groups is 1. The first-order valence-electron chi connectivity index (χ1n) is 5.12. The van der Waals surface area contributed by atoms with Gasteiger partial charge in [0.25, 0.3) is 0 Å². The Balaban J connectivity index is 2.06. The summed E-state index contributed by atoms with van der Waals surface area (Å²) >= 11 is 1.97. The molecule has 2 rings (SSSR count). The quantitative estimate of drug-likeness (QED) is 0.823. The monoisotopic (exact) mass is 228 g/mol. The van der Waals surface area contributed by atoms with E-state index in [1.165, 1.54) is 0 Å². The van der Waals surface area contributed by atoms with E-state index >= 15 is 0 Å². The lowest BCUT2D eigenvalue weighted by molar-refractivity contribution is 0.462. The molecule has 0 aromatic carbocycles. The van der Waals surface area contributed by atoms with Crippen LogP contribution in [0.2, 0.25) is 0 Å². The Hall–Kier alpha value is -0.750. The predicted molar refractivity (Wildman–Crippen MR) is 61.2 cm³/mol. The van der Waals surface area contributed by atoms with E-state index in [0.29, 0.717) is 24.5 Å². The van der Waals surface area contributed by atoms with E-state index in [1.54, 1.807) is 0 Å². The van der Waals surface area contributed by atoms with Crippen LogP contribution in [0.1, 0.15) is 12.8 Å². The van der Waals surface area contributed by atoms with Gasteiger partial charge in [0.2, 0.25) is 5.89 Å². The minimum Gasteiger partial charge on any atom is -0.407 e. The first kappa shape index (κ1) is 10.8. The van der Waals surface area contributed by atoms with E-state index in [9.17, 15) is 0 Å². The van der Waals surface area contributed by atoms with Crippen molar-refractivity contribution in [1.29, 1.82) is 0 Å². The van der Waals surface area contributed by atoms with Crippen LogP contribution in [0.15, 0.2) is 4.42 Å². The maximum absolute atomic E-state index is 5.57. The van der Waals surface area contributed by atoms with Gasteiger partial charge < -0.3 is 14.6 Å². The lowest BCUT2D eigenvalue weighted by atomic mass is 10.3. The van der Waals surface area contributed by atoms with E-state index < -0.39 is 0 Å². The van der Waals surface area contributed by atoms with Crippen LogP contribution in [0.5, 0.6) is 0 Å². The summed E-state index contributed by atoms with van der Waals surface area (Å²) in [6.45, 7) is 3.81. The first-order chi connectivity index (χ1) is 7.31. The predicted octanol–water partition coefficient (Wildman–Crippen LogP) is 0.731. The lowest BCUT2D eigenvalue weighted by Gasteiger charge is -2.31. The van der Waals surface area contributed by atoms with Crippen LogP contribution in [-0.2, 0) is 6.54 Å². The smallest absolute Gasteiger partial charge is 0.318 e. The Morgan fingerprint density at radius 1 is 1.60 bits per heavy atom. The van der Waals surface area contributed by atoms with E-state index in [2.05, 4.69) is 27.3 Å². The van der Waals surface area contributed by atoms with Gasteiger partial charge in [-0.25, -0.2) is 0 Å². The largest absolute Gasteiger partial charge is 0.407 e. The standard InChI is InChI=1S/C9H16N4OS/c1-7-6-15-4-3-13(7)9-12-11-8(14-9)5-10-2/h7,10H,3-6H2,1-2H3. The van der Waals surface area contributed by atoms with Crippen molar-refractivity contribution in [3.05, 3.63) is 5.89 Å². The minimum atomic E-state index is 0.478. The van der Waals surface area contributed by atoms with Crippen LogP contribution in [0.25, 0.3) is 0 Å². The number of nitrogens with zero attached hydrogens (tertiary/aromatic N) is 3. The van der Waals surface area contributed by atoms with Gasteiger partial charge in [0.15, 0.2) is 0 Å². The second-order valence-corrected chi connectivity index (χ2v) is 4.78. The van der Waals surface area contributed by atoms with Crippen LogP contribution in [0, 0.1) is 0 Å². The molecular formula is C9H16N4OS. The number of aromatic nitrogens is 2. The fourth-order valence-electron chi connectivity index (χ4n) is 1.59. The average molecular weight is 228 g/mol. The molecule has 0 aliphatic carbocycles. The van der Waals surface area contributed by atoms with Crippen LogP contribution in [0.3, 0.4) is 0 Å². The van der Waals surface area contributed by atoms with Gasteiger partial charge in [0.1, 0.15) is 0 Å². The molecule has 1 unspecified atom stereocenters. The summed E-state index contributed by atoms with van der Waals surface area (Å²) in [5.74, 6) is 2.91. The van der Waals surface area contributed by atoms with Crippen molar-refractivity contribution in [2.45, 2.75) is 19.5 Å². The SMILES string of the molecule is CNCc1nnc(N2CCSCC2C)o1. The highest BCUT2D eigenvalue weighted by atomic mass is 32.2. The van der Waals surface area contributed by atoms with Crippen LogP contribution >= 0.6 is 11.8 Å². The summed E-state index contributed by atoms with van der Waals surface area (Å²) in [7, 11) is 1.87. The summed E-state index contributed by atoms with van der Waals surface area (Å²) in [5.41, 5.74) is 0. The third-order valence-corrected chi connectivity index (χ3v) is 3.59. The second kappa shape index (κ2) is 4.85. The highest BCUT2D eigenvalue weighted by molar-refractivity contribution is 7.99. The van der Waals surface area contributed by atoms with Gasteiger partial charge in [-0.2, -0.15) is 11.8 Å². The van der Waals surface area contributed by atoms with E-state index in [4.69, 9.17) is 4.42 Å². The summed E-state index contributed by atoms with van der Waals surface area (Å²) in [6, 6.07) is 1.14. The molecule has 1 saturated heterocycles. The summed E-state index contributed by atoms with van der Waals surface area (Å²) < 4.78 is 5.57. The maximum atomic E-state index is 5.57. The van der Waals surface area contributed by atoms with Crippen molar-refractivity contribution in [3.8, 4) is 0 Å². The Bertz CT molecular complexity index is 317. The molecule has 1 aromatic rings. The third kappa shape index (κ3) is 2.43. The minimum absolute atomic E-state index is 0.478. The fourth-order valence-corrected chi connectivity index (χ4v) is 2.61. The van der Waals surface area contributed by atoms with Gasteiger partial charge in [-0.3, -0.25) is 0 Å². The second-order valence-electron chi connectivity index (χ2n) is 3.63. The van der Waals surface area contributed by atoms with Crippen molar-refractivity contribution < 1.29 is 4.42 Å². The molecule has 1 atom stereocenters. The summed E-state index contributed by atoms with van der Waals surface area (Å²) in [4.78, 5) is 2.18. The molecule has 5 nitrogen and oxygen atoms in total. The molecule has 0 bridgehead atoms. The number of anilines is 1.